The number of aromatic nitrogens is 1. The minimum Gasteiger partial charge on any atom is -0.443 e. The van der Waals surface area contributed by atoms with Gasteiger partial charge >= 0.3 is 6.09 Å². The molecule has 1 aromatic rings. The van der Waals surface area contributed by atoms with Gasteiger partial charge in [-0.25, -0.2) is 9.78 Å². The summed E-state index contributed by atoms with van der Waals surface area (Å²) in [6.07, 6.45) is 5.37. The summed E-state index contributed by atoms with van der Waals surface area (Å²) in [5.74, 6) is 0.325. The van der Waals surface area contributed by atoms with Gasteiger partial charge in [-0.2, -0.15) is 4.90 Å². The lowest BCUT2D eigenvalue weighted by atomic mass is 10.0. The average Bonchev–Trinajstić information content (AvgIpc) is 3.00. The minimum absolute atomic E-state index is 0.0490. The van der Waals surface area contributed by atoms with Gasteiger partial charge in [0.1, 0.15) is 11.8 Å². The number of unbranched alkanes of at least 4 members (excludes halogenated alkanes) is 1. The number of rotatable bonds is 10. The summed E-state index contributed by atoms with van der Waals surface area (Å²) in [6, 6.07) is 0.0490. The number of hydrogen-bond donors (Lipinski definition) is 2. The fraction of sp³-hybridized carbons (Fsp3) is 0.650. The molecule has 0 aromatic carbocycles. The summed E-state index contributed by atoms with van der Waals surface area (Å²) in [7, 11) is 0. The first-order valence-electron chi connectivity index (χ1n) is 9.60. The molecule has 0 saturated carbocycles. The third kappa shape index (κ3) is 8.50. The van der Waals surface area contributed by atoms with Gasteiger partial charge in [0.05, 0.1) is 5.69 Å². The first-order chi connectivity index (χ1) is 13.1. The van der Waals surface area contributed by atoms with Crippen LogP contribution in [0.15, 0.2) is 17.5 Å². The summed E-state index contributed by atoms with van der Waals surface area (Å²) in [4.78, 5) is 28.6. The quantitative estimate of drug-likeness (QED) is 0.345. The van der Waals surface area contributed by atoms with Crippen molar-refractivity contribution in [2.45, 2.75) is 78.7 Å². The number of allylic oxidation sites excluding steroid dienone is 1. The lowest BCUT2D eigenvalue weighted by molar-refractivity contribution is -0.107. The van der Waals surface area contributed by atoms with Crippen LogP contribution in [-0.4, -0.2) is 40.5 Å². The zero-order chi connectivity index (χ0) is 21.3. The van der Waals surface area contributed by atoms with Crippen molar-refractivity contribution in [3.8, 4) is 0 Å². The van der Waals surface area contributed by atoms with Crippen molar-refractivity contribution in [3.05, 3.63) is 23.2 Å². The van der Waals surface area contributed by atoms with Crippen molar-refractivity contribution in [1.29, 1.82) is 0 Å². The number of anilines is 1. The summed E-state index contributed by atoms with van der Waals surface area (Å²) in [5.41, 5.74) is -0.120. The average molecular weight is 412 g/mol. The Bertz CT molecular complexity index is 652. The van der Waals surface area contributed by atoms with Crippen LogP contribution in [0.2, 0.25) is 0 Å². The van der Waals surface area contributed by atoms with Crippen molar-refractivity contribution in [1.82, 2.24) is 10.3 Å². The third-order valence-electron chi connectivity index (χ3n) is 3.75. The number of carbonyl (C=O) groups excluding carboxylic acids is 2. The third-order valence-corrected chi connectivity index (χ3v) is 4.63. The van der Waals surface area contributed by atoms with Gasteiger partial charge in [0.25, 0.3) is 0 Å². The maximum atomic E-state index is 12.1. The zero-order valence-corrected chi connectivity index (χ0v) is 18.5. The van der Waals surface area contributed by atoms with E-state index in [2.05, 4.69) is 43.2 Å². The highest BCUT2D eigenvalue weighted by molar-refractivity contribution is 7.14. The fourth-order valence-corrected chi connectivity index (χ4v) is 3.13. The molecule has 8 heteroatoms. The first-order valence-corrected chi connectivity index (χ1v) is 10.5. The number of imide groups is 1. The normalized spacial score (nSPS) is 14.3. The highest BCUT2D eigenvalue weighted by atomic mass is 32.1. The van der Waals surface area contributed by atoms with Gasteiger partial charge in [-0.15, -0.1) is 11.3 Å². The van der Waals surface area contributed by atoms with Gasteiger partial charge in [0, 0.05) is 17.8 Å². The van der Waals surface area contributed by atoms with E-state index in [1.165, 1.54) is 0 Å². The van der Waals surface area contributed by atoms with Gasteiger partial charge in [-0.3, -0.25) is 10.1 Å². The second kappa shape index (κ2) is 11.3. The molecule has 1 unspecified atom stereocenters. The van der Waals surface area contributed by atoms with Crippen molar-refractivity contribution >= 4 is 29.0 Å². The molecule has 0 fully saturated rings. The van der Waals surface area contributed by atoms with Gasteiger partial charge < -0.3 is 9.84 Å². The first kappa shape index (κ1) is 24.3. The topological polar surface area (TPSA) is 91.8 Å². The Morgan fingerprint density at radius 1 is 1.43 bits per heavy atom. The van der Waals surface area contributed by atoms with E-state index < -0.39 is 17.9 Å². The predicted molar refractivity (Wildman–Crippen MR) is 112 cm³/mol. The number of thiazole rings is 1. The summed E-state index contributed by atoms with van der Waals surface area (Å²) in [6.45, 7) is 11.5. The summed E-state index contributed by atoms with van der Waals surface area (Å²) in [5, 5.41) is 15.5. The Kier molecular flexibility index (Phi) is 9.78. The number of hydrogen-bond acceptors (Lipinski definition) is 7. The molecule has 0 spiro atoms. The highest BCUT2D eigenvalue weighted by Gasteiger charge is 2.25. The van der Waals surface area contributed by atoms with Crippen LogP contribution in [0, 0.1) is 5.92 Å². The number of amides is 2. The highest BCUT2D eigenvalue weighted by Crippen LogP contribution is 2.22. The Morgan fingerprint density at radius 3 is 2.64 bits per heavy atom. The molecule has 7 nitrogen and oxygen atoms in total. The Labute approximate surface area is 171 Å². The number of ether oxygens (including phenoxy) is 1. The number of nitrogens with zero attached hydrogens (tertiary/aromatic N) is 2. The summed E-state index contributed by atoms with van der Waals surface area (Å²) < 4.78 is 5.21. The van der Waals surface area contributed by atoms with Crippen LogP contribution in [-0.2, 0) is 16.0 Å². The van der Waals surface area contributed by atoms with E-state index in [1.54, 1.807) is 26.2 Å². The number of nitrogens with one attached hydrogen (secondary N) is 1. The monoisotopic (exact) mass is 411 g/mol. The Balaban J connectivity index is 2.74. The van der Waals surface area contributed by atoms with Crippen LogP contribution < -0.4 is 10.2 Å². The molecule has 0 radical (unpaired) electrons. The molecular formula is C20H33N3O4S. The molecule has 2 atom stereocenters. The van der Waals surface area contributed by atoms with Gasteiger partial charge in [-0.1, -0.05) is 39.3 Å². The lowest BCUT2D eigenvalue weighted by Gasteiger charge is -2.23. The van der Waals surface area contributed by atoms with Crippen LogP contribution in [0.5, 0.6) is 0 Å². The minimum atomic E-state index is -0.792. The Morgan fingerprint density at radius 2 is 2.11 bits per heavy atom. The van der Waals surface area contributed by atoms with Crippen LogP contribution >= 0.6 is 11.3 Å². The molecule has 28 heavy (non-hydrogen) atoms. The zero-order valence-electron chi connectivity index (χ0n) is 17.6. The van der Waals surface area contributed by atoms with E-state index >= 15 is 0 Å². The molecule has 0 saturated heterocycles. The molecule has 158 valence electrons. The number of aliphatic hydroxyl groups excluding tert-OH is 1. The molecule has 2 amide bonds. The molecule has 0 aliphatic carbocycles. The van der Waals surface area contributed by atoms with E-state index in [9.17, 15) is 14.7 Å². The largest absolute Gasteiger partial charge is 0.443 e. The van der Waals surface area contributed by atoms with E-state index in [4.69, 9.17) is 4.74 Å². The number of aliphatic hydroxyl groups is 1. The molecule has 2 N–H and O–H groups in total. The van der Waals surface area contributed by atoms with Gasteiger partial charge in [0.2, 0.25) is 11.5 Å². The van der Waals surface area contributed by atoms with Crippen molar-refractivity contribution < 1.29 is 19.4 Å². The molecule has 1 rings (SSSR count). The van der Waals surface area contributed by atoms with Gasteiger partial charge in [-0.05, 0) is 33.1 Å². The fourth-order valence-electron chi connectivity index (χ4n) is 2.34. The van der Waals surface area contributed by atoms with Crippen molar-refractivity contribution in [2.24, 2.45) is 5.92 Å². The van der Waals surface area contributed by atoms with Crippen LogP contribution in [0.25, 0.3) is 0 Å². The van der Waals surface area contributed by atoms with Crippen LogP contribution in [0.3, 0.4) is 0 Å². The molecule has 0 aliphatic heterocycles. The van der Waals surface area contributed by atoms with Crippen molar-refractivity contribution in [3.63, 3.8) is 0 Å². The molecule has 1 aromatic heterocycles. The van der Waals surface area contributed by atoms with Crippen LogP contribution in [0.4, 0.5) is 9.93 Å². The van der Waals surface area contributed by atoms with E-state index in [0.29, 0.717) is 18.0 Å². The Hall–Kier alpha value is -1.77. The van der Waals surface area contributed by atoms with Gasteiger partial charge in [0.15, 0.2) is 0 Å². The predicted octanol–water partition coefficient (Wildman–Crippen LogP) is 3.87. The molecule has 1 heterocycles. The maximum Gasteiger partial charge on any atom is 0.423 e. The van der Waals surface area contributed by atoms with E-state index in [0.717, 1.165) is 29.1 Å². The molecular weight excluding hydrogens is 378 g/mol. The summed E-state index contributed by atoms with van der Waals surface area (Å²) >= 11 is 1.15. The van der Waals surface area contributed by atoms with E-state index in [-0.39, 0.29) is 17.6 Å². The maximum absolute atomic E-state index is 12.1. The van der Waals surface area contributed by atoms with E-state index in [1.807, 2.05) is 0 Å². The molecule has 0 bridgehead atoms. The van der Waals surface area contributed by atoms with Crippen LogP contribution in [0.1, 0.15) is 60.1 Å². The second-order valence-electron chi connectivity index (χ2n) is 7.95. The molecule has 0 aliphatic rings. The SMILES string of the molecule is CCC/C=C\[C@H](NC(O)Cc1csc(N(C=O)C(=O)OC(C)(C)C)n1)C(C)C. The second-order valence-corrected chi connectivity index (χ2v) is 8.79. The lowest BCUT2D eigenvalue weighted by Crippen LogP contribution is -2.41. The standard InChI is InChI=1S/C20H33N3O4S/c1-7-8-9-10-16(14(2)3)22-17(25)11-15-12-28-18(21-15)23(13-24)19(26)27-20(4,5)6/h9-10,12-14,16-17,22,25H,7-8,11H2,1-6H3/b10-9-/t16-,17?/m0/s1. The number of carbonyl (C=O) groups is 2. The smallest absolute Gasteiger partial charge is 0.423 e. The van der Waals surface area contributed by atoms with Crippen molar-refractivity contribution in [2.75, 3.05) is 4.90 Å².